The van der Waals surface area contributed by atoms with E-state index in [2.05, 4.69) is 16.4 Å². The number of rotatable bonds is 9. The van der Waals surface area contributed by atoms with E-state index >= 15 is 0 Å². The van der Waals surface area contributed by atoms with Crippen molar-refractivity contribution in [3.05, 3.63) is 89.7 Å². The highest BCUT2D eigenvalue weighted by molar-refractivity contribution is 8.00. The van der Waals surface area contributed by atoms with Gasteiger partial charge in [-0.25, -0.2) is 18.2 Å². The number of nitriles is 1. The van der Waals surface area contributed by atoms with E-state index in [0.29, 0.717) is 51.2 Å². The molecule has 242 valence electrons. The number of amides is 1. The maximum atomic E-state index is 14.6. The number of benzene rings is 4. The number of aromatic nitrogens is 1. The molecule has 0 bridgehead atoms. The summed E-state index contributed by atoms with van der Waals surface area (Å²) in [5.74, 6) is -1.80. The summed E-state index contributed by atoms with van der Waals surface area (Å²) >= 11 is 1.44. The molecule has 0 saturated heterocycles. The lowest BCUT2D eigenvalue weighted by atomic mass is 9.96. The number of nitrogens with zero attached hydrogens (tertiary/aromatic N) is 3. The van der Waals surface area contributed by atoms with Gasteiger partial charge in [-0.15, -0.1) is 0 Å². The molecule has 8 nitrogen and oxygen atoms in total. The fraction of sp³-hybridized carbons (Fsp3) is 0.194. The van der Waals surface area contributed by atoms with Crippen molar-refractivity contribution >= 4 is 45.6 Å². The first-order valence-corrected chi connectivity index (χ1v) is 16.1. The molecule has 1 amide bonds. The van der Waals surface area contributed by atoms with Crippen LogP contribution in [0.15, 0.2) is 75.6 Å². The molecule has 48 heavy (non-hydrogen) atoms. The second-order valence-corrected chi connectivity index (χ2v) is 12.3. The second kappa shape index (κ2) is 12.0. The number of ether oxygens (including phenoxy) is 1. The Morgan fingerprint density at radius 2 is 1.75 bits per heavy atom. The van der Waals surface area contributed by atoms with E-state index in [1.54, 1.807) is 24.3 Å². The number of furan rings is 1. The monoisotopic (exact) mass is 668 g/mol. The third-order valence-corrected chi connectivity index (χ3v) is 9.31. The number of carbonyl (C=O) groups is 1. The maximum absolute atomic E-state index is 14.6. The van der Waals surface area contributed by atoms with Gasteiger partial charge in [-0.1, -0.05) is 18.0 Å². The number of nitrogens with one attached hydrogen (secondary N) is 1. The van der Waals surface area contributed by atoms with Crippen LogP contribution in [0.4, 0.5) is 18.9 Å². The zero-order chi connectivity index (χ0) is 33.7. The van der Waals surface area contributed by atoms with E-state index in [1.807, 2.05) is 28.8 Å². The average molecular weight is 669 g/mol. The van der Waals surface area contributed by atoms with E-state index < -0.39 is 28.8 Å². The third kappa shape index (κ3) is 5.40. The number of halogens is 3. The molecule has 2 aromatic heterocycles. The Bertz CT molecular complexity index is 2270. The number of anilines is 1. The largest absolute Gasteiger partial charge is 0.496 e. The van der Waals surface area contributed by atoms with Gasteiger partial charge in [-0.2, -0.15) is 5.26 Å². The van der Waals surface area contributed by atoms with Gasteiger partial charge in [-0.3, -0.25) is 4.79 Å². The summed E-state index contributed by atoms with van der Waals surface area (Å²) in [4.78, 5) is 17.7. The minimum atomic E-state index is -0.858. The summed E-state index contributed by atoms with van der Waals surface area (Å²) in [5, 5.41) is 13.1. The highest BCUT2D eigenvalue weighted by atomic mass is 32.2. The molecule has 6 aromatic rings. The SMILES string of the molecule is CNC(=O)c1c(-c2ccc(F)cc2)oc2cc(N(CC3(C#N)CC3)SC)c(-c3ccc(OC)c(-c4nc5c(F)cc(F)cc5o4)c3)cc12. The number of hydrogen-bond donors (Lipinski definition) is 1. The molecule has 0 unspecified atom stereocenters. The summed E-state index contributed by atoms with van der Waals surface area (Å²) in [5.41, 5.74) is 2.96. The fourth-order valence-electron chi connectivity index (χ4n) is 5.82. The third-order valence-electron chi connectivity index (χ3n) is 8.55. The first-order valence-electron chi connectivity index (χ1n) is 14.9. The zero-order valence-electron chi connectivity index (χ0n) is 26.0. The van der Waals surface area contributed by atoms with Crippen molar-refractivity contribution in [2.24, 2.45) is 5.41 Å². The van der Waals surface area contributed by atoms with E-state index in [0.717, 1.165) is 25.0 Å². The van der Waals surface area contributed by atoms with Gasteiger partial charge >= 0.3 is 0 Å². The topological polar surface area (TPSA) is 105 Å². The molecule has 1 aliphatic carbocycles. The number of fused-ring (bicyclic) bond motifs is 2. The summed E-state index contributed by atoms with van der Waals surface area (Å²) in [6.07, 6.45) is 3.46. The predicted molar refractivity (Wildman–Crippen MR) is 178 cm³/mol. The zero-order valence-corrected chi connectivity index (χ0v) is 26.8. The van der Waals surface area contributed by atoms with Gasteiger partial charge in [0.05, 0.1) is 35.4 Å². The highest BCUT2D eigenvalue weighted by Gasteiger charge is 2.45. The molecule has 0 aliphatic heterocycles. The van der Waals surface area contributed by atoms with Crippen molar-refractivity contribution in [2.45, 2.75) is 12.8 Å². The smallest absolute Gasteiger partial charge is 0.255 e. The quantitative estimate of drug-likeness (QED) is 0.153. The Hall–Kier alpha value is -5.41. The van der Waals surface area contributed by atoms with Gasteiger partial charge in [0.1, 0.15) is 34.2 Å². The summed E-state index contributed by atoms with van der Waals surface area (Å²) in [7, 11) is 2.99. The molecule has 4 aromatic carbocycles. The predicted octanol–water partition coefficient (Wildman–Crippen LogP) is 8.75. The Morgan fingerprint density at radius 3 is 2.42 bits per heavy atom. The summed E-state index contributed by atoms with van der Waals surface area (Å²) in [6.45, 7) is 0.440. The molecule has 1 aliphatic rings. The average Bonchev–Trinajstić information content (AvgIpc) is 3.58. The molecule has 0 atom stereocenters. The van der Waals surface area contributed by atoms with Crippen LogP contribution in [-0.4, -0.2) is 37.8 Å². The van der Waals surface area contributed by atoms with Crippen LogP contribution in [-0.2, 0) is 0 Å². The lowest BCUT2D eigenvalue weighted by Gasteiger charge is -2.26. The lowest BCUT2D eigenvalue weighted by molar-refractivity contribution is 0.0964. The molecular weight excluding hydrogens is 641 g/mol. The molecule has 0 radical (unpaired) electrons. The number of oxazole rings is 1. The van der Waals surface area contributed by atoms with Gasteiger partial charge in [0, 0.05) is 54.6 Å². The maximum Gasteiger partial charge on any atom is 0.255 e. The molecule has 1 N–H and O–H groups in total. The highest BCUT2D eigenvalue weighted by Crippen LogP contribution is 2.50. The lowest BCUT2D eigenvalue weighted by Crippen LogP contribution is -2.23. The minimum absolute atomic E-state index is 0.0203. The van der Waals surface area contributed by atoms with Crippen LogP contribution >= 0.6 is 11.9 Å². The van der Waals surface area contributed by atoms with Gasteiger partial charge in [0.25, 0.3) is 5.91 Å². The molecule has 1 fully saturated rings. The van der Waals surface area contributed by atoms with Gasteiger partial charge < -0.3 is 23.2 Å². The number of hydrogen-bond acceptors (Lipinski definition) is 8. The number of methoxy groups -OCH3 is 1. The normalized spacial score (nSPS) is 13.4. The minimum Gasteiger partial charge on any atom is -0.496 e. The second-order valence-electron chi connectivity index (χ2n) is 11.5. The van der Waals surface area contributed by atoms with Gasteiger partial charge in [-0.05, 0) is 60.9 Å². The summed E-state index contributed by atoms with van der Waals surface area (Å²) in [6, 6.07) is 18.9. The molecule has 12 heteroatoms. The van der Waals surface area contributed by atoms with Gasteiger partial charge in [0.2, 0.25) is 5.89 Å². The Morgan fingerprint density at radius 1 is 1.00 bits per heavy atom. The number of carbonyl (C=O) groups excluding carboxylic acids is 1. The van der Waals surface area contributed by atoms with Crippen LogP contribution in [0, 0.1) is 34.2 Å². The molecule has 7 rings (SSSR count). The van der Waals surface area contributed by atoms with Crippen molar-refractivity contribution < 1.29 is 31.5 Å². The van der Waals surface area contributed by atoms with Crippen molar-refractivity contribution in [1.29, 1.82) is 5.26 Å². The van der Waals surface area contributed by atoms with Crippen molar-refractivity contribution in [1.82, 2.24) is 10.3 Å². The van der Waals surface area contributed by atoms with Crippen LogP contribution in [0.3, 0.4) is 0 Å². The Balaban J connectivity index is 1.48. The van der Waals surface area contributed by atoms with Crippen molar-refractivity contribution in [2.75, 3.05) is 31.3 Å². The van der Waals surface area contributed by atoms with Crippen LogP contribution in [0.25, 0.3) is 56.0 Å². The van der Waals surface area contributed by atoms with Crippen molar-refractivity contribution in [3.63, 3.8) is 0 Å². The Labute approximate surface area is 277 Å². The van der Waals surface area contributed by atoms with Crippen LogP contribution in [0.1, 0.15) is 23.2 Å². The first-order chi connectivity index (χ1) is 23.2. The standard InChI is InChI=1S/C36H27F3N4O4S/c1-41-34(44)31-24-15-23(20-6-9-28(45-2)25(12-20)35-42-32-26(39)13-22(38)14-30(32)47-35)27(43(48-3)18-36(17-40)10-11-36)16-29(24)46-33(31)19-4-7-21(37)8-5-19/h4-9,12-16H,10-11,18H2,1-3H3,(H,41,44). The van der Waals surface area contributed by atoms with Crippen LogP contribution in [0.5, 0.6) is 5.75 Å². The molecule has 1 saturated carbocycles. The first kappa shape index (κ1) is 31.2. The van der Waals surface area contributed by atoms with E-state index in [1.165, 1.54) is 38.2 Å². The molecule has 0 spiro atoms. The molecule has 2 heterocycles. The van der Waals surface area contributed by atoms with Gasteiger partial charge in [0.15, 0.2) is 11.4 Å². The van der Waals surface area contributed by atoms with E-state index in [9.17, 15) is 23.2 Å². The van der Waals surface area contributed by atoms with Crippen molar-refractivity contribution in [3.8, 4) is 45.7 Å². The van der Waals surface area contributed by atoms with E-state index in [-0.39, 0.29) is 28.3 Å². The Kier molecular flexibility index (Phi) is 7.80. The van der Waals surface area contributed by atoms with Crippen LogP contribution in [0.2, 0.25) is 0 Å². The van der Waals surface area contributed by atoms with Crippen LogP contribution < -0.4 is 14.4 Å². The fourth-order valence-corrected chi connectivity index (χ4v) is 6.54. The van der Waals surface area contributed by atoms with E-state index in [4.69, 9.17) is 13.6 Å². The summed E-state index contributed by atoms with van der Waals surface area (Å²) < 4.78 is 62.2. The molecular formula is C36H27F3N4O4S.